The van der Waals surface area contributed by atoms with E-state index in [2.05, 4.69) is 0 Å². The first-order chi connectivity index (χ1) is 7.41. The number of alkyl halides is 1. The Hall–Kier alpha value is -0.600. The molecule has 4 atom stereocenters. The molecule has 16 heavy (non-hydrogen) atoms. The van der Waals surface area contributed by atoms with Gasteiger partial charge in [-0.3, -0.25) is 0 Å². The Labute approximate surface area is 97.0 Å². The number of nitrogens with zero attached hydrogens (tertiary/aromatic N) is 1. The van der Waals surface area contributed by atoms with Crippen molar-refractivity contribution in [3.8, 4) is 0 Å². The van der Waals surface area contributed by atoms with Crippen molar-refractivity contribution in [1.29, 1.82) is 0 Å². The van der Waals surface area contributed by atoms with Crippen LogP contribution in [0.15, 0.2) is 0 Å². The third-order valence-corrected chi connectivity index (χ3v) is 2.89. The summed E-state index contributed by atoms with van der Waals surface area (Å²) in [6.45, 7) is 0.00904. The highest BCUT2D eigenvalue weighted by molar-refractivity contribution is 6.18. The number of amides is 2. The number of primary amides is 1. The maximum Gasteiger partial charge on any atom is 0.315 e. The fraction of sp³-hybridized carbons (Fsp3) is 0.875. The normalized spacial score (nSPS) is 38.7. The van der Waals surface area contributed by atoms with Crippen LogP contribution in [0.3, 0.4) is 0 Å². The van der Waals surface area contributed by atoms with E-state index in [1.165, 1.54) is 0 Å². The molecular weight excluding hydrogens is 240 g/mol. The predicted octanol–water partition coefficient (Wildman–Crippen LogP) is -2.57. The minimum Gasteiger partial charge on any atom is -0.388 e. The van der Waals surface area contributed by atoms with Gasteiger partial charge in [-0.15, -0.1) is 11.6 Å². The van der Waals surface area contributed by atoms with Gasteiger partial charge >= 0.3 is 6.03 Å². The summed E-state index contributed by atoms with van der Waals surface area (Å²) in [6, 6.07) is -2.04. The smallest absolute Gasteiger partial charge is 0.315 e. The summed E-state index contributed by atoms with van der Waals surface area (Å²) >= 11 is 5.45. The molecule has 1 rings (SSSR count). The van der Waals surface area contributed by atoms with E-state index in [0.717, 1.165) is 4.90 Å². The average molecular weight is 255 g/mol. The molecule has 0 bridgehead atoms. The molecule has 2 amide bonds. The molecule has 6 N–H and O–H groups in total. The fourth-order valence-electron chi connectivity index (χ4n) is 1.88. The van der Waals surface area contributed by atoms with Gasteiger partial charge in [-0.2, -0.15) is 0 Å². The fourth-order valence-corrected chi connectivity index (χ4v) is 2.06. The van der Waals surface area contributed by atoms with Gasteiger partial charge in [-0.05, 0) is 0 Å². The van der Waals surface area contributed by atoms with E-state index in [9.17, 15) is 25.2 Å². The molecule has 0 aromatic rings. The zero-order chi connectivity index (χ0) is 12.5. The highest BCUT2D eigenvalue weighted by Gasteiger charge is 2.51. The zero-order valence-electron chi connectivity index (χ0n) is 8.40. The molecule has 0 aromatic heterocycles. The number of rotatable bonds is 3. The van der Waals surface area contributed by atoms with Crippen LogP contribution >= 0.6 is 11.6 Å². The molecule has 0 heterocycles. The van der Waals surface area contributed by atoms with Crippen LogP contribution in [0.5, 0.6) is 0 Å². The van der Waals surface area contributed by atoms with Crippen LogP contribution in [0, 0.1) is 0 Å². The second-order valence-electron chi connectivity index (χ2n) is 3.67. The first kappa shape index (κ1) is 13.5. The number of carbonyl (C=O) groups excluding carboxylic acids is 1. The van der Waals surface area contributed by atoms with Gasteiger partial charge < -0.3 is 31.1 Å². The third kappa shape index (κ3) is 2.23. The minimum atomic E-state index is -1.52. The Kier molecular flexibility index (Phi) is 4.34. The lowest BCUT2D eigenvalue weighted by Crippen LogP contribution is -2.53. The number of hydrogen-bond acceptors (Lipinski definition) is 5. The van der Waals surface area contributed by atoms with Gasteiger partial charge in [0.05, 0.1) is 6.04 Å². The van der Waals surface area contributed by atoms with Crippen LogP contribution in [0.4, 0.5) is 4.79 Å². The Balaban J connectivity index is 2.88. The summed E-state index contributed by atoms with van der Waals surface area (Å²) in [6.07, 6.45) is -5.95. The first-order valence-corrected chi connectivity index (χ1v) is 5.29. The van der Waals surface area contributed by atoms with Crippen molar-refractivity contribution >= 4 is 17.6 Å². The van der Waals surface area contributed by atoms with Crippen molar-refractivity contribution in [2.75, 3.05) is 12.4 Å². The Morgan fingerprint density at radius 1 is 1.12 bits per heavy atom. The van der Waals surface area contributed by atoms with Gasteiger partial charge in [0.1, 0.15) is 24.4 Å². The number of nitrogens with two attached hydrogens (primary N) is 1. The van der Waals surface area contributed by atoms with Crippen LogP contribution in [0.25, 0.3) is 0 Å². The van der Waals surface area contributed by atoms with Crippen molar-refractivity contribution in [2.24, 2.45) is 5.73 Å². The molecule has 94 valence electrons. The van der Waals surface area contributed by atoms with Crippen LogP contribution < -0.4 is 5.73 Å². The topological polar surface area (TPSA) is 127 Å². The van der Waals surface area contributed by atoms with E-state index < -0.39 is 36.5 Å². The maximum absolute atomic E-state index is 11.1. The number of hydrogen-bond donors (Lipinski definition) is 5. The Morgan fingerprint density at radius 3 is 1.88 bits per heavy atom. The Bertz CT molecular complexity index is 253. The largest absolute Gasteiger partial charge is 0.388 e. The van der Waals surface area contributed by atoms with Crippen LogP contribution in [-0.4, -0.2) is 74.2 Å². The number of halogens is 1. The van der Waals surface area contributed by atoms with Gasteiger partial charge in [0.2, 0.25) is 0 Å². The van der Waals surface area contributed by atoms with Gasteiger partial charge in [-0.25, -0.2) is 4.79 Å². The standard InChI is InChI=1S/C8H15ClN2O5/c9-1-2-11(8(10)16)3-4(12)6(14)7(15)5(3)13/h3-7,12-15H,1-2H2,(H2,10,16). The van der Waals surface area contributed by atoms with E-state index in [1.54, 1.807) is 0 Å². The van der Waals surface area contributed by atoms with Crippen LogP contribution in [-0.2, 0) is 0 Å². The zero-order valence-corrected chi connectivity index (χ0v) is 9.16. The molecule has 8 heteroatoms. The van der Waals surface area contributed by atoms with E-state index in [0.29, 0.717) is 0 Å². The van der Waals surface area contributed by atoms with E-state index in [-0.39, 0.29) is 12.4 Å². The lowest BCUT2D eigenvalue weighted by Gasteiger charge is -2.31. The van der Waals surface area contributed by atoms with Crippen molar-refractivity contribution < 1.29 is 25.2 Å². The molecule has 1 fully saturated rings. The first-order valence-electron chi connectivity index (χ1n) is 4.76. The molecule has 0 spiro atoms. The SMILES string of the molecule is NC(=O)N(CCCl)C1C(O)C(O)C(O)C1O. The van der Waals surface area contributed by atoms with E-state index in [1.807, 2.05) is 0 Å². The minimum absolute atomic E-state index is 0.00904. The van der Waals surface area contributed by atoms with Crippen LogP contribution in [0.1, 0.15) is 0 Å². The molecule has 1 aliphatic carbocycles. The van der Waals surface area contributed by atoms with Gasteiger partial charge in [0, 0.05) is 12.4 Å². The second-order valence-corrected chi connectivity index (χ2v) is 4.05. The molecule has 1 saturated carbocycles. The second kappa shape index (κ2) is 5.15. The summed E-state index contributed by atoms with van der Waals surface area (Å²) in [4.78, 5) is 12.0. The number of carbonyl (C=O) groups is 1. The lowest BCUT2D eigenvalue weighted by molar-refractivity contribution is -0.0413. The molecule has 0 saturated heterocycles. The summed E-state index contributed by atoms with van der Waals surface area (Å²) in [5.41, 5.74) is 5.06. The monoisotopic (exact) mass is 254 g/mol. The predicted molar refractivity (Wildman–Crippen MR) is 54.8 cm³/mol. The maximum atomic E-state index is 11.1. The average Bonchev–Trinajstić information content (AvgIpc) is 2.41. The number of aliphatic hydroxyl groups is 4. The molecule has 0 radical (unpaired) electrons. The molecule has 4 unspecified atom stereocenters. The van der Waals surface area contributed by atoms with Gasteiger partial charge in [0.25, 0.3) is 0 Å². The lowest BCUT2D eigenvalue weighted by atomic mass is 10.1. The van der Waals surface area contributed by atoms with Crippen molar-refractivity contribution in [1.82, 2.24) is 4.90 Å². The molecule has 7 nitrogen and oxygen atoms in total. The summed E-state index contributed by atoms with van der Waals surface area (Å²) in [7, 11) is 0. The molecular formula is C8H15ClN2O5. The molecule has 0 aliphatic heterocycles. The number of urea groups is 1. The van der Waals surface area contributed by atoms with Gasteiger partial charge in [0.15, 0.2) is 0 Å². The van der Waals surface area contributed by atoms with Crippen molar-refractivity contribution in [2.45, 2.75) is 30.5 Å². The Morgan fingerprint density at radius 2 is 1.56 bits per heavy atom. The molecule has 1 aliphatic rings. The summed E-state index contributed by atoms with van der Waals surface area (Å²) in [5.74, 6) is 0.0606. The van der Waals surface area contributed by atoms with Crippen LogP contribution in [0.2, 0.25) is 0 Å². The summed E-state index contributed by atoms with van der Waals surface area (Å²) in [5, 5.41) is 37.8. The van der Waals surface area contributed by atoms with E-state index >= 15 is 0 Å². The van der Waals surface area contributed by atoms with Crippen molar-refractivity contribution in [3.05, 3.63) is 0 Å². The highest BCUT2D eigenvalue weighted by Crippen LogP contribution is 2.26. The quantitative estimate of drug-likeness (QED) is 0.354. The van der Waals surface area contributed by atoms with Crippen molar-refractivity contribution in [3.63, 3.8) is 0 Å². The number of aliphatic hydroxyl groups excluding tert-OH is 4. The highest BCUT2D eigenvalue weighted by atomic mass is 35.5. The van der Waals surface area contributed by atoms with Gasteiger partial charge in [-0.1, -0.05) is 0 Å². The summed E-state index contributed by atoms with van der Waals surface area (Å²) < 4.78 is 0. The third-order valence-electron chi connectivity index (χ3n) is 2.72. The van der Waals surface area contributed by atoms with E-state index in [4.69, 9.17) is 17.3 Å². The molecule has 0 aromatic carbocycles.